The zero-order chi connectivity index (χ0) is 13.9. The second-order valence-electron chi connectivity index (χ2n) is 5.99. The van der Waals surface area contributed by atoms with Gasteiger partial charge < -0.3 is 15.3 Å². The van der Waals surface area contributed by atoms with E-state index in [0.29, 0.717) is 31.8 Å². The van der Waals surface area contributed by atoms with Gasteiger partial charge in [-0.15, -0.1) is 0 Å². The highest BCUT2D eigenvalue weighted by Crippen LogP contribution is 2.35. The Labute approximate surface area is 114 Å². The highest BCUT2D eigenvalue weighted by Gasteiger charge is 2.45. The SMILES string of the molecule is CCCC1(C(=O)O)CCN(C(=O)NCC2CCC2)C1. The van der Waals surface area contributed by atoms with Crippen molar-refractivity contribution in [2.45, 2.75) is 45.4 Å². The summed E-state index contributed by atoms with van der Waals surface area (Å²) in [6, 6.07) is -0.0915. The van der Waals surface area contributed by atoms with E-state index < -0.39 is 11.4 Å². The van der Waals surface area contributed by atoms with Gasteiger partial charge in [0.05, 0.1) is 5.41 Å². The van der Waals surface area contributed by atoms with E-state index in [1.165, 1.54) is 19.3 Å². The summed E-state index contributed by atoms with van der Waals surface area (Å²) in [4.78, 5) is 25.1. The molecule has 2 rings (SSSR count). The van der Waals surface area contributed by atoms with Crippen LogP contribution in [-0.4, -0.2) is 41.6 Å². The monoisotopic (exact) mass is 268 g/mol. The first kappa shape index (κ1) is 14.2. The Hall–Kier alpha value is -1.26. The number of rotatable bonds is 5. The first-order valence-corrected chi connectivity index (χ1v) is 7.33. The Morgan fingerprint density at radius 3 is 2.68 bits per heavy atom. The van der Waals surface area contributed by atoms with Crippen LogP contribution in [0.5, 0.6) is 0 Å². The highest BCUT2D eigenvalue weighted by molar-refractivity contribution is 5.79. The zero-order valence-electron chi connectivity index (χ0n) is 11.7. The Morgan fingerprint density at radius 2 is 2.16 bits per heavy atom. The molecule has 1 saturated heterocycles. The molecule has 5 heteroatoms. The van der Waals surface area contributed by atoms with Crippen LogP contribution in [0.4, 0.5) is 4.79 Å². The number of carbonyl (C=O) groups is 2. The molecule has 1 aliphatic heterocycles. The number of urea groups is 1. The van der Waals surface area contributed by atoms with Crippen molar-refractivity contribution in [3.05, 3.63) is 0 Å². The molecule has 1 heterocycles. The van der Waals surface area contributed by atoms with Gasteiger partial charge in [-0.05, 0) is 31.6 Å². The van der Waals surface area contributed by atoms with Gasteiger partial charge >= 0.3 is 12.0 Å². The second kappa shape index (κ2) is 5.80. The van der Waals surface area contributed by atoms with Gasteiger partial charge in [0.15, 0.2) is 0 Å². The molecular formula is C14H24N2O3. The molecule has 1 unspecified atom stereocenters. The average molecular weight is 268 g/mol. The molecule has 2 N–H and O–H groups in total. The summed E-state index contributed by atoms with van der Waals surface area (Å²) >= 11 is 0. The number of carboxylic acid groups (broad SMARTS) is 1. The summed E-state index contributed by atoms with van der Waals surface area (Å²) in [6.45, 7) is 3.64. The molecule has 2 aliphatic rings. The number of nitrogens with one attached hydrogen (secondary N) is 1. The molecule has 5 nitrogen and oxygen atoms in total. The van der Waals surface area contributed by atoms with Crippen molar-refractivity contribution < 1.29 is 14.7 Å². The third kappa shape index (κ3) is 3.01. The second-order valence-corrected chi connectivity index (χ2v) is 5.99. The lowest BCUT2D eigenvalue weighted by Crippen LogP contribution is -2.43. The van der Waals surface area contributed by atoms with Crippen LogP contribution in [0, 0.1) is 11.3 Å². The van der Waals surface area contributed by atoms with Gasteiger partial charge in [-0.25, -0.2) is 4.79 Å². The van der Waals surface area contributed by atoms with Gasteiger partial charge in [-0.2, -0.15) is 0 Å². The van der Waals surface area contributed by atoms with Crippen molar-refractivity contribution in [1.29, 1.82) is 0 Å². The molecule has 2 amide bonds. The Morgan fingerprint density at radius 1 is 1.42 bits per heavy atom. The molecule has 1 saturated carbocycles. The summed E-state index contributed by atoms with van der Waals surface area (Å²) in [6.07, 6.45) is 5.73. The van der Waals surface area contributed by atoms with Crippen LogP contribution in [0.2, 0.25) is 0 Å². The number of amides is 2. The third-order valence-corrected chi connectivity index (χ3v) is 4.59. The maximum absolute atomic E-state index is 12.0. The van der Waals surface area contributed by atoms with Gasteiger partial charge in [0, 0.05) is 19.6 Å². The standard InChI is InChI=1S/C14H24N2O3/c1-2-6-14(12(17)18)7-8-16(10-14)13(19)15-9-11-4-3-5-11/h11H,2-10H2,1H3,(H,15,19)(H,17,18). The van der Waals surface area contributed by atoms with Gasteiger partial charge in [0.25, 0.3) is 0 Å². The van der Waals surface area contributed by atoms with Crippen LogP contribution in [-0.2, 0) is 4.79 Å². The molecule has 19 heavy (non-hydrogen) atoms. The molecular weight excluding hydrogens is 244 g/mol. The predicted octanol–water partition coefficient (Wildman–Crippen LogP) is 2.07. The van der Waals surface area contributed by atoms with Crippen LogP contribution in [0.15, 0.2) is 0 Å². The predicted molar refractivity (Wildman–Crippen MR) is 71.9 cm³/mol. The number of nitrogens with zero attached hydrogens (tertiary/aromatic N) is 1. The fraction of sp³-hybridized carbons (Fsp3) is 0.857. The highest BCUT2D eigenvalue weighted by atomic mass is 16.4. The minimum Gasteiger partial charge on any atom is -0.481 e. The summed E-state index contributed by atoms with van der Waals surface area (Å²) in [5, 5.41) is 12.3. The molecule has 0 aromatic heterocycles. The number of hydrogen-bond donors (Lipinski definition) is 2. The van der Waals surface area contributed by atoms with Crippen molar-refractivity contribution >= 4 is 12.0 Å². The summed E-state index contributed by atoms with van der Waals surface area (Å²) in [7, 11) is 0. The number of hydrogen-bond acceptors (Lipinski definition) is 2. The van der Waals surface area contributed by atoms with Gasteiger partial charge in [0.1, 0.15) is 0 Å². The Kier molecular flexibility index (Phi) is 4.32. The fourth-order valence-corrected chi connectivity index (χ4v) is 3.05. The van der Waals surface area contributed by atoms with E-state index in [2.05, 4.69) is 5.32 Å². The topological polar surface area (TPSA) is 69.6 Å². The number of carbonyl (C=O) groups excluding carboxylic acids is 1. The molecule has 2 fully saturated rings. The van der Waals surface area contributed by atoms with Crippen molar-refractivity contribution in [1.82, 2.24) is 10.2 Å². The summed E-state index contributed by atoms with van der Waals surface area (Å²) < 4.78 is 0. The van der Waals surface area contributed by atoms with Crippen LogP contribution in [0.1, 0.15) is 45.4 Å². The van der Waals surface area contributed by atoms with E-state index in [1.807, 2.05) is 6.92 Å². The maximum atomic E-state index is 12.0. The Bertz CT molecular complexity index is 355. The average Bonchev–Trinajstić information content (AvgIpc) is 2.73. The van der Waals surface area contributed by atoms with E-state index in [0.717, 1.165) is 13.0 Å². The normalized spacial score (nSPS) is 27.1. The van der Waals surface area contributed by atoms with Crippen LogP contribution < -0.4 is 5.32 Å². The summed E-state index contributed by atoms with van der Waals surface area (Å²) in [5.74, 6) is -0.130. The first-order chi connectivity index (χ1) is 9.07. The van der Waals surface area contributed by atoms with Gasteiger partial charge in [-0.1, -0.05) is 19.8 Å². The van der Waals surface area contributed by atoms with E-state index in [1.54, 1.807) is 4.90 Å². The van der Waals surface area contributed by atoms with Crippen molar-refractivity contribution in [2.75, 3.05) is 19.6 Å². The summed E-state index contributed by atoms with van der Waals surface area (Å²) in [5.41, 5.74) is -0.720. The van der Waals surface area contributed by atoms with Crippen molar-refractivity contribution in [2.24, 2.45) is 11.3 Å². The third-order valence-electron chi connectivity index (χ3n) is 4.59. The van der Waals surface area contributed by atoms with E-state index in [9.17, 15) is 14.7 Å². The van der Waals surface area contributed by atoms with Gasteiger partial charge in [0.2, 0.25) is 0 Å². The molecule has 0 aromatic carbocycles. The van der Waals surface area contributed by atoms with E-state index in [-0.39, 0.29) is 6.03 Å². The quantitative estimate of drug-likeness (QED) is 0.802. The minimum atomic E-state index is -0.761. The van der Waals surface area contributed by atoms with E-state index >= 15 is 0 Å². The number of carboxylic acids is 1. The van der Waals surface area contributed by atoms with Gasteiger partial charge in [-0.3, -0.25) is 4.79 Å². The maximum Gasteiger partial charge on any atom is 0.317 e. The molecule has 0 bridgehead atoms. The molecule has 1 aliphatic carbocycles. The van der Waals surface area contributed by atoms with E-state index in [4.69, 9.17) is 0 Å². The number of likely N-dealkylation sites (tertiary alicyclic amines) is 1. The molecule has 108 valence electrons. The lowest BCUT2D eigenvalue weighted by molar-refractivity contribution is -0.148. The lowest BCUT2D eigenvalue weighted by Gasteiger charge is -2.27. The van der Waals surface area contributed by atoms with Crippen molar-refractivity contribution in [3.63, 3.8) is 0 Å². The largest absolute Gasteiger partial charge is 0.481 e. The Balaban J connectivity index is 1.85. The molecule has 1 atom stereocenters. The van der Waals surface area contributed by atoms with Crippen LogP contribution in [0.25, 0.3) is 0 Å². The first-order valence-electron chi connectivity index (χ1n) is 7.33. The minimum absolute atomic E-state index is 0.0915. The number of aliphatic carboxylic acids is 1. The fourth-order valence-electron chi connectivity index (χ4n) is 3.05. The molecule has 0 spiro atoms. The molecule has 0 aromatic rings. The van der Waals surface area contributed by atoms with Crippen LogP contribution >= 0.6 is 0 Å². The molecule has 0 radical (unpaired) electrons. The van der Waals surface area contributed by atoms with Crippen molar-refractivity contribution in [3.8, 4) is 0 Å². The zero-order valence-corrected chi connectivity index (χ0v) is 11.7. The lowest BCUT2D eigenvalue weighted by atomic mass is 9.83. The van der Waals surface area contributed by atoms with Crippen LogP contribution in [0.3, 0.4) is 0 Å². The smallest absolute Gasteiger partial charge is 0.317 e.